The lowest BCUT2D eigenvalue weighted by Gasteiger charge is -2.21. The minimum absolute atomic E-state index is 0.633. The first-order valence-electron chi connectivity index (χ1n) is 7.58. The molecule has 0 saturated heterocycles. The van der Waals surface area contributed by atoms with E-state index in [0.717, 1.165) is 34.5 Å². The summed E-state index contributed by atoms with van der Waals surface area (Å²) >= 11 is 7.08. The number of para-hydroxylation sites is 1. The number of nitriles is 1. The Kier molecular flexibility index (Phi) is 6.20. The van der Waals surface area contributed by atoms with Crippen molar-refractivity contribution in [2.45, 2.75) is 26.5 Å². The Morgan fingerprint density at radius 3 is 2.52 bits per heavy atom. The molecule has 0 spiro atoms. The molecule has 0 aliphatic carbocycles. The molecule has 1 aromatic carbocycles. The van der Waals surface area contributed by atoms with Crippen LogP contribution in [0.4, 0.5) is 0 Å². The Hall–Kier alpha value is -1.84. The van der Waals surface area contributed by atoms with E-state index in [4.69, 9.17) is 12.2 Å². The summed E-state index contributed by atoms with van der Waals surface area (Å²) in [6, 6.07) is 12.2. The maximum atomic E-state index is 9.47. The SMILES string of the molecule is CCN(CC)C(=S)SCc1c(C#N)c(C)nn1-c1ccccc1. The van der Waals surface area contributed by atoms with Crippen LogP contribution in [0.3, 0.4) is 0 Å². The van der Waals surface area contributed by atoms with E-state index in [2.05, 4.69) is 29.9 Å². The number of hydrogen-bond donors (Lipinski definition) is 0. The first-order valence-corrected chi connectivity index (χ1v) is 8.97. The average Bonchev–Trinajstić information content (AvgIpc) is 2.90. The lowest BCUT2D eigenvalue weighted by molar-refractivity contribution is 0.482. The predicted octanol–water partition coefficient (Wildman–Crippen LogP) is 3.91. The zero-order valence-electron chi connectivity index (χ0n) is 13.6. The van der Waals surface area contributed by atoms with Gasteiger partial charge in [-0.2, -0.15) is 10.4 Å². The number of thioether (sulfide) groups is 1. The molecule has 0 radical (unpaired) electrons. The van der Waals surface area contributed by atoms with Crippen molar-refractivity contribution in [3.05, 3.63) is 47.3 Å². The zero-order valence-corrected chi connectivity index (χ0v) is 15.2. The predicted molar refractivity (Wildman–Crippen MR) is 99.8 cm³/mol. The second-order valence-corrected chi connectivity index (χ2v) is 6.60. The fourth-order valence-electron chi connectivity index (χ4n) is 2.34. The summed E-state index contributed by atoms with van der Waals surface area (Å²) in [5, 5.41) is 14.0. The molecule has 1 aromatic heterocycles. The maximum absolute atomic E-state index is 9.47. The molecule has 23 heavy (non-hydrogen) atoms. The van der Waals surface area contributed by atoms with E-state index in [1.54, 1.807) is 11.8 Å². The highest BCUT2D eigenvalue weighted by Crippen LogP contribution is 2.24. The second kappa shape index (κ2) is 8.14. The molecule has 0 aliphatic heterocycles. The first kappa shape index (κ1) is 17.5. The summed E-state index contributed by atoms with van der Waals surface area (Å²) in [7, 11) is 0. The summed E-state index contributed by atoms with van der Waals surface area (Å²) in [5.74, 6) is 0.633. The zero-order chi connectivity index (χ0) is 16.8. The highest BCUT2D eigenvalue weighted by molar-refractivity contribution is 8.22. The summed E-state index contributed by atoms with van der Waals surface area (Å²) in [5.41, 5.74) is 3.25. The van der Waals surface area contributed by atoms with Crippen molar-refractivity contribution in [2.75, 3.05) is 13.1 Å². The van der Waals surface area contributed by atoms with Crippen molar-refractivity contribution >= 4 is 28.3 Å². The van der Waals surface area contributed by atoms with Crippen LogP contribution in [0.25, 0.3) is 5.69 Å². The number of thiocarbonyl (C=S) groups is 1. The van der Waals surface area contributed by atoms with Crippen molar-refractivity contribution < 1.29 is 0 Å². The van der Waals surface area contributed by atoms with E-state index in [9.17, 15) is 5.26 Å². The van der Waals surface area contributed by atoms with E-state index in [0.29, 0.717) is 11.3 Å². The second-order valence-electron chi connectivity index (χ2n) is 4.99. The molecule has 2 aromatic rings. The van der Waals surface area contributed by atoms with Crippen LogP contribution in [0.5, 0.6) is 0 Å². The molecule has 0 aliphatic rings. The molecule has 120 valence electrons. The van der Waals surface area contributed by atoms with Gasteiger partial charge in [0.25, 0.3) is 0 Å². The highest BCUT2D eigenvalue weighted by atomic mass is 32.2. The molecule has 0 bridgehead atoms. The molecule has 0 amide bonds. The lowest BCUT2D eigenvalue weighted by Crippen LogP contribution is -2.26. The molecule has 1 heterocycles. The Bertz CT molecular complexity index is 712. The first-order chi connectivity index (χ1) is 11.1. The van der Waals surface area contributed by atoms with E-state index in [-0.39, 0.29) is 0 Å². The molecule has 4 nitrogen and oxygen atoms in total. The topological polar surface area (TPSA) is 44.9 Å². The molecular weight excluding hydrogens is 324 g/mol. The van der Waals surface area contributed by atoms with Gasteiger partial charge >= 0.3 is 0 Å². The van der Waals surface area contributed by atoms with Crippen molar-refractivity contribution in [2.24, 2.45) is 0 Å². The molecule has 6 heteroatoms. The van der Waals surface area contributed by atoms with E-state index < -0.39 is 0 Å². The third-order valence-corrected chi connectivity index (χ3v) is 5.16. The van der Waals surface area contributed by atoms with Gasteiger partial charge in [0.15, 0.2) is 0 Å². The minimum Gasteiger partial charge on any atom is -0.358 e. The van der Waals surface area contributed by atoms with Crippen molar-refractivity contribution in [1.82, 2.24) is 14.7 Å². The molecule has 0 unspecified atom stereocenters. The Morgan fingerprint density at radius 1 is 1.30 bits per heavy atom. The molecule has 0 N–H and O–H groups in total. The van der Waals surface area contributed by atoms with Crippen molar-refractivity contribution in [3.63, 3.8) is 0 Å². The van der Waals surface area contributed by atoms with Crippen molar-refractivity contribution in [1.29, 1.82) is 5.26 Å². The molecule has 0 atom stereocenters. The third kappa shape index (κ3) is 3.92. The number of benzene rings is 1. The van der Waals surface area contributed by atoms with Gasteiger partial charge in [-0.15, -0.1) is 0 Å². The number of nitrogens with zero attached hydrogens (tertiary/aromatic N) is 4. The van der Waals surface area contributed by atoms with Gasteiger partial charge in [0.2, 0.25) is 0 Å². The summed E-state index contributed by atoms with van der Waals surface area (Å²) in [6.45, 7) is 7.84. The van der Waals surface area contributed by atoms with Crippen LogP contribution < -0.4 is 0 Å². The van der Waals surface area contributed by atoms with Gasteiger partial charge in [-0.25, -0.2) is 4.68 Å². The lowest BCUT2D eigenvalue weighted by atomic mass is 10.2. The fraction of sp³-hybridized carbons (Fsp3) is 0.353. The Labute approximate surface area is 147 Å². The quantitative estimate of drug-likeness (QED) is 0.770. The van der Waals surface area contributed by atoms with Crippen LogP contribution in [-0.4, -0.2) is 32.1 Å². The van der Waals surface area contributed by atoms with Gasteiger partial charge in [0.05, 0.1) is 22.6 Å². The van der Waals surface area contributed by atoms with Gasteiger partial charge in [-0.1, -0.05) is 42.2 Å². The standard InChI is InChI=1S/C17H20N4S2/c1-4-20(5-2)17(22)23-12-16-15(11-18)13(3)19-21(16)14-9-7-6-8-10-14/h6-10H,4-5,12H2,1-3H3. The summed E-state index contributed by atoms with van der Waals surface area (Å²) < 4.78 is 2.71. The van der Waals surface area contributed by atoms with Crippen LogP contribution in [-0.2, 0) is 5.75 Å². The average molecular weight is 345 g/mol. The van der Waals surface area contributed by atoms with Crippen molar-refractivity contribution in [3.8, 4) is 11.8 Å². The number of aryl methyl sites for hydroxylation is 1. The highest BCUT2D eigenvalue weighted by Gasteiger charge is 2.17. The van der Waals surface area contributed by atoms with Crippen LogP contribution in [0, 0.1) is 18.3 Å². The Morgan fingerprint density at radius 2 is 1.96 bits per heavy atom. The van der Waals surface area contributed by atoms with Crippen LogP contribution in [0.2, 0.25) is 0 Å². The van der Waals surface area contributed by atoms with Gasteiger partial charge in [-0.05, 0) is 32.9 Å². The monoisotopic (exact) mass is 344 g/mol. The smallest absolute Gasteiger partial charge is 0.136 e. The van der Waals surface area contributed by atoms with Gasteiger partial charge in [0.1, 0.15) is 10.4 Å². The number of hydrogen-bond acceptors (Lipinski definition) is 4. The van der Waals surface area contributed by atoms with Crippen LogP contribution >= 0.6 is 24.0 Å². The van der Waals surface area contributed by atoms with Crippen LogP contribution in [0.1, 0.15) is 30.8 Å². The summed E-state index contributed by atoms with van der Waals surface area (Å²) in [6.07, 6.45) is 0. The molecule has 2 rings (SSSR count). The van der Waals surface area contributed by atoms with Crippen LogP contribution in [0.15, 0.2) is 30.3 Å². The molecule has 0 fully saturated rings. The minimum atomic E-state index is 0.633. The molecular formula is C17H20N4S2. The van der Waals surface area contributed by atoms with E-state index in [1.807, 2.05) is 41.9 Å². The van der Waals surface area contributed by atoms with E-state index in [1.165, 1.54) is 0 Å². The van der Waals surface area contributed by atoms with Gasteiger partial charge < -0.3 is 4.90 Å². The van der Waals surface area contributed by atoms with E-state index >= 15 is 0 Å². The summed E-state index contributed by atoms with van der Waals surface area (Å²) in [4.78, 5) is 2.14. The Balaban J connectivity index is 2.31. The van der Waals surface area contributed by atoms with Gasteiger partial charge in [-0.3, -0.25) is 0 Å². The normalized spacial score (nSPS) is 10.3. The largest absolute Gasteiger partial charge is 0.358 e. The third-order valence-electron chi connectivity index (χ3n) is 3.62. The fourth-order valence-corrected chi connectivity index (χ4v) is 3.74. The number of aromatic nitrogens is 2. The van der Waals surface area contributed by atoms with Gasteiger partial charge in [0, 0.05) is 18.8 Å². The maximum Gasteiger partial charge on any atom is 0.136 e. The number of rotatable bonds is 5. The molecule has 0 saturated carbocycles.